The molecule has 264 valence electrons. The Morgan fingerprint density at radius 1 is 0.882 bits per heavy atom. The molecule has 12 heteroatoms. The van der Waals surface area contributed by atoms with Crippen LogP contribution in [0.15, 0.2) is 79.3 Å². The van der Waals surface area contributed by atoms with Gasteiger partial charge in [-0.05, 0) is 93.1 Å². The van der Waals surface area contributed by atoms with Crippen LogP contribution < -0.4 is 20.7 Å². The maximum atomic E-state index is 14.4. The van der Waals surface area contributed by atoms with E-state index in [-0.39, 0.29) is 35.2 Å². The quantitative estimate of drug-likeness (QED) is 0.128. The number of fused-ring (bicyclic) bond motifs is 1. The van der Waals surface area contributed by atoms with Crippen LogP contribution >= 0.6 is 0 Å². The van der Waals surface area contributed by atoms with Gasteiger partial charge in [-0.25, -0.2) is 14.4 Å². The second-order valence-electron chi connectivity index (χ2n) is 13.7. The van der Waals surface area contributed by atoms with Gasteiger partial charge in [0.25, 0.3) is 11.8 Å². The number of benzene rings is 3. The molecule has 3 aromatic carbocycles. The number of piperazine rings is 1. The largest absolute Gasteiger partial charge is 0.508 e. The van der Waals surface area contributed by atoms with Crippen LogP contribution in [0.1, 0.15) is 65.8 Å². The Bertz CT molecular complexity index is 2030. The molecule has 0 radical (unpaired) electrons. The van der Waals surface area contributed by atoms with Gasteiger partial charge in [-0.1, -0.05) is 24.3 Å². The van der Waals surface area contributed by atoms with Gasteiger partial charge in [0.15, 0.2) is 0 Å². The molecule has 5 aromatic rings. The number of aromatic amines is 1. The number of H-pyrrole nitrogens is 1. The van der Waals surface area contributed by atoms with Crippen LogP contribution in [0.5, 0.6) is 17.4 Å². The molecule has 2 aromatic heterocycles. The van der Waals surface area contributed by atoms with Gasteiger partial charge in [0.2, 0.25) is 5.88 Å². The van der Waals surface area contributed by atoms with Crippen LogP contribution in [-0.2, 0) is 6.54 Å². The van der Waals surface area contributed by atoms with Crippen molar-refractivity contribution < 1.29 is 23.8 Å². The van der Waals surface area contributed by atoms with Crippen LogP contribution in [0.25, 0.3) is 22.2 Å². The fourth-order valence-electron chi connectivity index (χ4n) is 7.28. The predicted molar refractivity (Wildman–Crippen MR) is 192 cm³/mol. The molecule has 3 heterocycles. The number of carbonyl (C=O) groups excluding carboxylic acids is 2. The third-order valence-electron chi connectivity index (χ3n) is 9.64. The Morgan fingerprint density at radius 2 is 1.57 bits per heavy atom. The van der Waals surface area contributed by atoms with Gasteiger partial charge >= 0.3 is 0 Å². The first-order valence-electron chi connectivity index (χ1n) is 17.5. The summed E-state index contributed by atoms with van der Waals surface area (Å²) in [6.07, 6.45) is 5.24. The number of phenols is 1. The van der Waals surface area contributed by atoms with Crippen molar-refractivity contribution >= 4 is 22.8 Å². The number of rotatable bonds is 9. The number of nitrogens with one attached hydrogen (secondary N) is 4. The minimum Gasteiger partial charge on any atom is -0.508 e. The number of amides is 2. The molecule has 0 unspecified atom stereocenters. The standard InChI is InChI=1S/C39H42FN7O4/c1-23-19-47(20-24(2)44-23)21-27-15-26(9-14-35(27)48)25-5-3-6-31(16-25)51-39-33(17-28(40)18-41-39)38(50)46-30-12-10-29(11-13-30)45-37(49)32-7-4-8-34-36(32)43-22-42-34/h3-9,14-18,22-24,29-30,44,48H,10-13,19-21H2,1-2H3,(H,42,43)(H,45,49)(H,46,50)/t23-,24+,29-,30+. The molecule has 0 spiro atoms. The van der Waals surface area contributed by atoms with Gasteiger partial charge in [0.05, 0.1) is 23.6 Å². The first-order chi connectivity index (χ1) is 24.7. The van der Waals surface area contributed by atoms with E-state index >= 15 is 0 Å². The third kappa shape index (κ3) is 8.03. The number of nitrogens with zero attached hydrogens (tertiary/aromatic N) is 3. The summed E-state index contributed by atoms with van der Waals surface area (Å²) in [5.41, 5.74) is 4.53. The van der Waals surface area contributed by atoms with Crippen LogP contribution in [0, 0.1) is 5.82 Å². The second kappa shape index (κ2) is 14.9. The summed E-state index contributed by atoms with van der Waals surface area (Å²) in [5, 5.41) is 20.3. The summed E-state index contributed by atoms with van der Waals surface area (Å²) in [5.74, 6) is -0.635. The minimum absolute atomic E-state index is 0.00526. The van der Waals surface area contributed by atoms with Crippen molar-refractivity contribution in [1.29, 1.82) is 0 Å². The van der Waals surface area contributed by atoms with Crippen molar-refractivity contribution in [3.63, 3.8) is 0 Å². The zero-order valence-electron chi connectivity index (χ0n) is 28.7. The van der Waals surface area contributed by atoms with Crippen LogP contribution in [-0.4, -0.2) is 74.0 Å². The number of hydrogen-bond acceptors (Lipinski definition) is 8. The summed E-state index contributed by atoms with van der Waals surface area (Å²) < 4.78 is 20.5. The van der Waals surface area contributed by atoms with E-state index in [1.165, 1.54) is 0 Å². The Morgan fingerprint density at radius 3 is 2.31 bits per heavy atom. The lowest BCUT2D eigenvalue weighted by molar-refractivity contribution is 0.0890. The van der Waals surface area contributed by atoms with Gasteiger partial charge in [-0.3, -0.25) is 14.5 Å². The molecule has 1 aliphatic heterocycles. The fourth-order valence-corrected chi connectivity index (χ4v) is 7.28. The smallest absolute Gasteiger partial charge is 0.257 e. The summed E-state index contributed by atoms with van der Waals surface area (Å²) in [6, 6.07) is 20.0. The van der Waals surface area contributed by atoms with E-state index in [1.54, 1.807) is 24.5 Å². The van der Waals surface area contributed by atoms with E-state index < -0.39 is 11.7 Å². The number of pyridine rings is 1. The monoisotopic (exact) mass is 691 g/mol. The number of imidazole rings is 1. The molecule has 51 heavy (non-hydrogen) atoms. The van der Waals surface area contributed by atoms with E-state index in [0.29, 0.717) is 61.1 Å². The highest BCUT2D eigenvalue weighted by Gasteiger charge is 2.27. The van der Waals surface area contributed by atoms with E-state index in [4.69, 9.17) is 4.74 Å². The summed E-state index contributed by atoms with van der Waals surface area (Å²) in [6.45, 7) is 6.73. The first-order valence-corrected chi connectivity index (χ1v) is 17.5. The highest BCUT2D eigenvalue weighted by atomic mass is 19.1. The maximum Gasteiger partial charge on any atom is 0.257 e. The molecular weight excluding hydrogens is 649 g/mol. The fraction of sp³-hybridized carbons (Fsp3) is 0.333. The van der Waals surface area contributed by atoms with Crippen molar-refractivity contribution in [2.24, 2.45) is 0 Å². The van der Waals surface area contributed by atoms with Crippen molar-refractivity contribution in [3.05, 3.63) is 102 Å². The average Bonchev–Trinajstić information content (AvgIpc) is 3.60. The number of phenolic OH excluding ortho intramolecular Hbond substituents is 1. The molecule has 1 aliphatic carbocycles. The van der Waals surface area contributed by atoms with Crippen LogP contribution in [0.3, 0.4) is 0 Å². The number of aromatic hydroxyl groups is 1. The van der Waals surface area contributed by atoms with Crippen LogP contribution in [0.4, 0.5) is 4.39 Å². The predicted octanol–water partition coefficient (Wildman–Crippen LogP) is 5.92. The highest BCUT2D eigenvalue weighted by molar-refractivity contribution is 6.04. The number of hydrogen-bond donors (Lipinski definition) is 5. The average molecular weight is 692 g/mol. The zero-order valence-corrected chi connectivity index (χ0v) is 28.7. The summed E-state index contributed by atoms with van der Waals surface area (Å²) in [4.78, 5) is 40.2. The molecule has 2 atom stereocenters. The molecule has 1 saturated heterocycles. The zero-order chi connectivity index (χ0) is 35.5. The number of aromatic nitrogens is 3. The lowest BCUT2D eigenvalue weighted by Gasteiger charge is -2.36. The SMILES string of the molecule is C[C@@H]1CN(Cc2cc(-c3cccc(Oc4ncc(F)cc4C(=O)N[C@H]4CC[C@@H](NC(=O)c5cccc6[nH]cnc56)CC4)c3)ccc2O)C[C@H](C)N1. The molecule has 2 aliphatic rings. The van der Waals surface area contributed by atoms with Crippen molar-refractivity contribution in [2.45, 2.75) is 70.2 Å². The molecule has 2 fully saturated rings. The Hall–Kier alpha value is -5.33. The summed E-state index contributed by atoms with van der Waals surface area (Å²) >= 11 is 0. The lowest BCUT2D eigenvalue weighted by atomic mass is 9.90. The number of carbonyl (C=O) groups is 2. The molecule has 5 N–H and O–H groups in total. The second-order valence-corrected chi connectivity index (χ2v) is 13.7. The topological polar surface area (TPSA) is 144 Å². The normalized spacial score (nSPS) is 20.9. The van der Waals surface area contributed by atoms with Crippen molar-refractivity contribution in [1.82, 2.24) is 35.8 Å². The number of halogens is 1. The van der Waals surface area contributed by atoms with Gasteiger partial charge in [0.1, 0.15) is 28.4 Å². The Labute approximate surface area is 295 Å². The molecular formula is C39H42FN7O4. The van der Waals surface area contributed by atoms with Crippen molar-refractivity contribution in [2.75, 3.05) is 13.1 Å². The highest BCUT2D eigenvalue weighted by Crippen LogP contribution is 2.32. The Balaban J connectivity index is 0.989. The molecule has 11 nitrogen and oxygen atoms in total. The van der Waals surface area contributed by atoms with Gasteiger partial charge in [-0.2, -0.15) is 0 Å². The van der Waals surface area contributed by atoms with Crippen LogP contribution in [0.2, 0.25) is 0 Å². The maximum absolute atomic E-state index is 14.4. The van der Waals surface area contributed by atoms with E-state index in [1.807, 2.05) is 42.5 Å². The van der Waals surface area contributed by atoms with E-state index in [0.717, 1.165) is 47.6 Å². The van der Waals surface area contributed by atoms with Crippen molar-refractivity contribution in [3.8, 4) is 28.5 Å². The van der Waals surface area contributed by atoms with E-state index in [2.05, 4.69) is 49.6 Å². The first kappa shape index (κ1) is 34.1. The molecule has 1 saturated carbocycles. The Kier molecular flexibility index (Phi) is 9.96. The number of ether oxygens (including phenoxy) is 1. The van der Waals surface area contributed by atoms with Gasteiger partial charge < -0.3 is 30.8 Å². The third-order valence-corrected chi connectivity index (χ3v) is 9.64. The molecule has 7 rings (SSSR count). The molecule has 2 amide bonds. The lowest BCUT2D eigenvalue weighted by Crippen LogP contribution is -2.53. The minimum atomic E-state index is -0.649. The summed E-state index contributed by atoms with van der Waals surface area (Å²) in [7, 11) is 0. The molecule has 0 bridgehead atoms. The van der Waals surface area contributed by atoms with Gasteiger partial charge in [-0.15, -0.1) is 0 Å². The number of para-hydroxylation sites is 1. The van der Waals surface area contributed by atoms with Gasteiger partial charge in [0, 0.05) is 49.4 Å². The van der Waals surface area contributed by atoms with E-state index in [9.17, 15) is 19.1 Å².